The zero-order chi connectivity index (χ0) is 25.1. The molecule has 0 saturated carbocycles. The van der Waals surface area contributed by atoms with Gasteiger partial charge in [0.1, 0.15) is 5.58 Å². The van der Waals surface area contributed by atoms with Gasteiger partial charge in [0, 0.05) is 22.3 Å². The van der Waals surface area contributed by atoms with E-state index in [4.69, 9.17) is 4.42 Å². The van der Waals surface area contributed by atoms with Crippen molar-refractivity contribution in [3.8, 4) is 0 Å². The van der Waals surface area contributed by atoms with Gasteiger partial charge in [-0.15, -0.1) is 0 Å². The molecule has 5 rings (SSSR count). The van der Waals surface area contributed by atoms with Crippen LogP contribution in [0.1, 0.15) is 33.3 Å². The number of amides is 1. The lowest BCUT2D eigenvalue weighted by molar-refractivity contribution is -0.384. The summed E-state index contributed by atoms with van der Waals surface area (Å²) in [5.41, 5.74) is -1.83. The normalized spacial score (nSPS) is 15.5. The van der Waals surface area contributed by atoms with E-state index in [1.54, 1.807) is 6.07 Å². The number of nitro benzene ring substituents is 1. The number of halogens is 4. The van der Waals surface area contributed by atoms with Gasteiger partial charge < -0.3 is 4.42 Å². The number of rotatable bonds is 3. The van der Waals surface area contributed by atoms with Crippen LogP contribution in [0.25, 0.3) is 11.0 Å². The minimum atomic E-state index is -4.68. The molecule has 1 atom stereocenters. The van der Waals surface area contributed by atoms with Gasteiger partial charge in [-0.1, -0.05) is 34.1 Å². The molecule has 0 N–H and O–H groups in total. The van der Waals surface area contributed by atoms with E-state index in [2.05, 4.69) is 15.9 Å². The second-order valence-electron chi connectivity index (χ2n) is 7.79. The number of nitrogens with zero attached hydrogens (tertiary/aromatic N) is 2. The van der Waals surface area contributed by atoms with E-state index in [0.717, 1.165) is 23.1 Å². The van der Waals surface area contributed by atoms with Gasteiger partial charge in [0.2, 0.25) is 5.76 Å². The maximum atomic E-state index is 13.6. The Hall–Kier alpha value is -3.99. The number of carbonyl (C=O) groups excluding carboxylic acids is 1. The summed E-state index contributed by atoms with van der Waals surface area (Å²) in [4.78, 5) is 38.8. The SMILES string of the molecule is O=C1c2oc3ccc(Br)cc3c(=O)c2C(c2cccc([N+](=O)[O-])c2)N1c1cccc(C(F)(F)F)c1. The highest BCUT2D eigenvalue weighted by molar-refractivity contribution is 9.10. The van der Waals surface area contributed by atoms with Gasteiger partial charge in [0.05, 0.1) is 27.5 Å². The van der Waals surface area contributed by atoms with Gasteiger partial charge in [0.25, 0.3) is 11.6 Å². The van der Waals surface area contributed by atoms with Crippen molar-refractivity contribution in [1.29, 1.82) is 0 Å². The van der Waals surface area contributed by atoms with Gasteiger partial charge in [-0.2, -0.15) is 13.2 Å². The average Bonchev–Trinajstić information content (AvgIpc) is 3.12. The molecule has 0 fully saturated rings. The summed E-state index contributed by atoms with van der Waals surface area (Å²) in [5.74, 6) is -1.17. The summed E-state index contributed by atoms with van der Waals surface area (Å²) < 4.78 is 46.6. The summed E-state index contributed by atoms with van der Waals surface area (Å²) in [6.07, 6.45) is -4.68. The van der Waals surface area contributed by atoms with Crippen LogP contribution in [-0.2, 0) is 6.18 Å². The first-order valence-corrected chi connectivity index (χ1v) is 10.9. The van der Waals surface area contributed by atoms with E-state index in [0.29, 0.717) is 4.47 Å². The third-order valence-electron chi connectivity index (χ3n) is 5.68. The van der Waals surface area contributed by atoms with Crippen molar-refractivity contribution in [2.45, 2.75) is 12.2 Å². The minimum Gasteiger partial charge on any atom is -0.450 e. The largest absolute Gasteiger partial charge is 0.450 e. The third kappa shape index (κ3) is 3.77. The highest BCUT2D eigenvalue weighted by Crippen LogP contribution is 2.43. The van der Waals surface area contributed by atoms with Crippen molar-refractivity contribution in [2.24, 2.45) is 0 Å². The Kier molecular flexibility index (Phi) is 5.24. The first kappa shape index (κ1) is 22.8. The third-order valence-corrected chi connectivity index (χ3v) is 6.17. The van der Waals surface area contributed by atoms with Crippen LogP contribution in [0.3, 0.4) is 0 Å². The van der Waals surface area contributed by atoms with E-state index in [1.807, 2.05) is 0 Å². The minimum absolute atomic E-state index is 0.112. The van der Waals surface area contributed by atoms with E-state index >= 15 is 0 Å². The molecule has 176 valence electrons. The quantitative estimate of drug-likeness (QED) is 0.225. The molecule has 7 nitrogen and oxygen atoms in total. The molecular formula is C24H12BrF3N2O5. The van der Waals surface area contributed by atoms with Crippen molar-refractivity contribution < 1.29 is 27.3 Å². The smallest absolute Gasteiger partial charge is 0.416 e. The van der Waals surface area contributed by atoms with E-state index in [1.165, 1.54) is 42.5 Å². The van der Waals surface area contributed by atoms with Crippen LogP contribution in [0.4, 0.5) is 24.5 Å². The number of nitro groups is 1. The number of alkyl halides is 3. The lowest BCUT2D eigenvalue weighted by Gasteiger charge is -2.25. The summed E-state index contributed by atoms with van der Waals surface area (Å²) in [6, 6.07) is 12.7. The van der Waals surface area contributed by atoms with Gasteiger partial charge in [0.15, 0.2) is 5.43 Å². The lowest BCUT2D eigenvalue weighted by atomic mass is 9.97. The Morgan fingerprint density at radius 1 is 1.00 bits per heavy atom. The van der Waals surface area contributed by atoms with E-state index < -0.39 is 34.0 Å². The van der Waals surface area contributed by atoms with Gasteiger partial charge in [-0.25, -0.2) is 0 Å². The Labute approximate surface area is 202 Å². The number of carbonyl (C=O) groups is 1. The van der Waals surface area contributed by atoms with Crippen molar-refractivity contribution in [3.63, 3.8) is 0 Å². The fourth-order valence-electron chi connectivity index (χ4n) is 4.17. The second-order valence-corrected chi connectivity index (χ2v) is 8.71. The fraction of sp³-hybridized carbons (Fsp3) is 0.0833. The molecule has 1 aliphatic rings. The molecule has 0 bridgehead atoms. The van der Waals surface area contributed by atoms with Crippen LogP contribution >= 0.6 is 15.9 Å². The fourth-order valence-corrected chi connectivity index (χ4v) is 4.53. The zero-order valence-electron chi connectivity index (χ0n) is 17.4. The molecule has 0 spiro atoms. The van der Waals surface area contributed by atoms with Crippen LogP contribution in [0.5, 0.6) is 0 Å². The molecule has 35 heavy (non-hydrogen) atoms. The number of benzene rings is 3. The topological polar surface area (TPSA) is 93.7 Å². The summed E-state index contributed by atoms with van der Waals surface area (Å²) >= 11 is 3.28. The summed E-state index contributed by atoms with van der Waals surface area (Å²) in [7, 11) is 0. The zero-order valence-corrected chi connectivity index (χ0v) is 19.0. The Morgan fingerprint density at radius 3 is 2.46 bits per heavy atom. The molecule has 2 heterocycles. The first-order valence-electron chi connectivity index (χ1n) is 10.1. The predicted molar refractivity (Wildman–Crippen MR) is 123 cm³/mol. The van der Waals surface area contributed by atoms with Gasteiger partial charge in [-0.05, 0) is 42.0 Å². The number of non-ortho nitro benzene ring substituents is 1. The molecule has 1 unspecified atom stereocenters. The highest BCUT2D eigenvalue weighted by Gasteiger charge is 2.44. The predicted octanol–water partition coefficient (Wildman–Crippen LogP) is 6.23. The van der Waals surface area contributed by atoms with Crippen molar-refractivity contribution in [3.05, 3.63) is 114 Å². The Bertz CT molecular complexity index is 1600. The highest BCUT2D eigenvalue weighted by atomic mass is 79.9. The molecule has 4 aromatic rings. The van der Waals surface area contributed by atoms with E-state index in [9.17, 15) is 32.9 Å². The molecule has 0 aliphatic carbocycles. The van der Waals surface area contributed by atoms with E-state index in [-0.39, 0.29) is 39.2 Å². The monoisotopic (exact) mass is 544 g/mol. The van der Waals surface area contributed by atoms with Crippen LogP contribution in [0.15, 0.2) is 80.4 Å². The van der Waals surface area contributed by atoms with Crippen LogP contribution < -0.4 is 10.3 Å². The second kappa shape index (κ2) is 8.05. The summed E-state index contributed by atoms with van der Waals surface area (Å²) in [5, 5.41) is 11.5. The maximum absolute atomic E-state index is 13.6. The molecule has 1 amide bonds. The van der Waals surface area contributed by atoms with Crippen LogP contribution in [0.2, 0.25) is 0 Å². The summed E-state index contributed by atoms with van der Waals surface area (Å²) in [6.45, 7) is 0. The molecule has 1 aliphatic heterocycles. The number of anilines is 1. The Morgan fingerprint density at radius 2 is 1.74 bits per heavy atom. The molecular weight excluding hydrogens is 533 g/mol. The number of fused-ring (bicyclic) bond motifs is 2. The van der Waals surface area contributed by atoms with Crippen LogP contribution in [0, 0.1) is 10.1 Å². The number of hydrogen-bond donors (Lipinski definition) is 0. The standard InChI is InChI=1S/C24H12BrF3N2O5/c25-14-7-8-18-17(11-14)21(31)19-20(12-3-1-6-16(9-12)30(33)34)29(23(32)22(19)35-18)15-5-2-4-13(10-15)24(26,27)28/h1-11,20H. The van der Waals surface area contributed by atoms with Crippen molar-refractivity contribution in [2.75, 3.05) is 4.90 Å². The first-order chi connectivity index (χ1) is 16.6. The van der Waals surface area contributed by atoms with Crippen molar-refractivity contribution in [1.82, 2.24) is 0 Å². The molecule has 0 radical (unpaired) electrons. The molecule has 1 aromatic heterocycles. The van der Waals surface area contributed by atoms with Gasteiger partial charge >= 0.3 is 6.18 Å². The van der Waals surface area contributed by atoms with Gasteiger partial charge in [-0.3, -0.25) is 24.6 Å². The van der Waals surface area contributed by atoms with Crippen LogP contribution in [-0.4, -0.2) is 10.8 Å². The number of hydrogen-bond acceptors (Lipinski definition) is 5. The Balaban J connectivity index is 1.81. The van der Waals surface area contributed by atoms with Crippen molar-refractivity contribution >= 4 is 44.2 Å². The molecule has 0 saturated heterocycles. The maximum Gasteiger partial charge on any atom is 0.416 e. The molecule has 3 aromatic carbocycles. The molecule has 11 heteroatoms. The lowest BCUT2D eigenvalue weighted by Crippen LogP contribution is -2.29. The average molecular weight is 545 g/mol.